The van der Waals surface area contributed by atoms with Crippen molar-refractivity contribution in [2.45, 2.75) is 25.5 Å². The fourth-order valence-corrected chi connectivity index (χ4v) is 2.25. The SMILES string of the molecule is C=CC[NH+](CC=C)C[C@H](O)CN1C(=O)NC(C)(C)C1=O. The van der Waals surface area contributed by atoms with Crippen LogP contribution >= 0.6 is 0 Å². The Morgan fingerprint density at radius 1 is 1.35 bits per heavy atom. The van der Waals surface area contributed by atoms with E-state index in [0.29, 0.717) is 19.6 Å². The van der Waals surface area contributed by atoms with Gasteiger partial charge in [0.25, 0.3) is 5.91 Å². The van der Waals surface area contributed by atoms with Gasteiger partial charge in [-0.15, -0.1) is 0 Å². The van der Waals surface area contributed by atoms with Crippen molar-refractivity contribution < 1.29 is 19.6 Å². The lowest BCUT2D eigenvalue weighted by atomic mass is 10.1. The van der Waals surface area contributed by atoms with Crippen molar-refractivity contribution in [3.05, 3.63) is 25.3 Å². The molecular weight excluding hydrogens is 258 g/mol. The lowest BCUT2D eigenvalue weighted by molar-refractivity contribution is -0.891. The lowest BCUT2D eigenvalue weighted by Gasteiger charge is -2.22. The van der Waals surface area contributed by atoms with Gasteiger partial charge in [-0.05, 0) is 26.0 Å². The van der Waals surface area contributed by atoms with E-state index in [1.54, 1.807) is 26.0 Å². The molecule has 0 aliphatic carbocycles. The summed E-state index contributed by atoms with van der Waals surface area (Å²) < 4.78 is 0. The van der Waals surface area contributed by atoms with E-state index in [4.69, 9.17) is 0 Å². The second kappa shape index (κ2) is 6.67. The van der Waals surface area contributed by atoms with Gasteiger partial charge in [0.2, 0.25) is 0 Å². The number of β-amino-alcohol motifs (C(OH)–C–C–N with tert-alkyl or cyclic N) is 1. The summed E-state index contributed by atoms with van der Waals surface area (Å²) in [5.41, 5.74) is -0.897. The van der Waals surface area contributed by atoms with Crippen molar-refractivity contribution in [3.8, 4) is 0 Å². The molecule has 0 aromatic rings. The Morgan fingerprint density at radius 2 is 1.90 bits per heavy atom. The molecule has 112 valence electrons. The molecule has 0 spiro atoms. The summed E-state index contributed by atoms with van der Waals surface area (Å²) in [7, 11) is 0. The number of carbonyl (C=O) groups is 2. The highest BCUT2D eigenvalue weighted by atomic mass is 16.3. The molecule has 0 bridgehead atoms. The van der Waals surface area contributed by atoms with E-state index in [2.05, 4.69) is 18.5 Å². The molecule has 0 radical (unpaired) electrons. The van der Waals surface area contributed by atoms with E-state index in [9.17, 15) is 14.7 Å². The third kappa shape index (κ3) is 3.91. The van der Waals surface area contributed by atoms with Crippen molar-refractivity contribution in [2.75, 3.05) is 26.2 Å². The Labute approximate surface area is 119 Å². The Balaban J connectivity index is 2.59. The molecule has 1 aliphatic heterocycles. The molecule has 1 saturated heterocycles. The summed E-state index contributed by atoms with van der Waals surface area (Å²) in [6.45, 7) is 12.4. The topological polar surface area (TPSA) is 74.1 Å². The zero-order valence-corrected chi connectivity index (χ0v) is 12.2. The van der Waals surface area contributed by atoms with Crippen molar-refractivity contribution in [2.24, 2.45) is 0 Å². The van der Waals surface area contributed by atoms with Crippen LogP contribution in [0.25, 0.3) is 0 Å². The number of nitrogens with one attached hydrogen (secondary N) is 2. The average Bonchev–Trinajstić information content (AvgIpc) is 2.52. The zero-order chi connectivity index (χ0) is 15.3. The molecule has 0 aromatic carbocycles. The second-order valence-electron chi connectivity index (χ2n) is 5.56. The first-order valence-corrected chi connectivity index (χ1v) is 6.69. The fourth-order valence-electron chi connectivity index (χ4n) is 2.25. The highest BCUT2D eigenvalue weighted by Gasteiger charge is 2.44. The van der Waals surface area contributed by atoms with E-state index >= 15 is 0 Å². The van der Waals surface area contributed by atoms with E-state index in [1.165, 1.54) is 0 Å². The average molecular weight is 282 g/mol. The Hall–Kier alpha value is -1.66. The van der Waals surface area contributed by atoms with E-state index in [1.807, 2.05) is 0 Å². The third-order valence-electron chi connectivity index (χ3n) is 3.23. The van der Waals surface area contributed by atoms with Gasteiger partial charge < -0.3 is 15.3 Å². The van der Waals surface area contributed by atoms with Gasteiger partial charge in [-0.25, -0.2) is 4.79 Å². The molecule has 1 atom stereocenters. The van der Waals surface area contributed by atoms with E-state index < -0.39 is 17.7 Å². The van der Waals surface area contributed by atoms with Gasteiger partial charge in [0.1, 0.15) is 18.2 Å². The monoisotopic (exact) mass is 282 g/mol. The molecule has 1 rings (SSSR count). The van der Waals surface area contributed by atoms with Crippen LogP contribution in [0.3, 0.4) is 0 Å². The van der Waals surface area contributed by atoms with Crippen LogP contribution in [0.1, 0.15) is 13.8 Å². The van der Waals surface area contributed by atoms with Gasteiger partial charge in [-0.1, -0.05) is 13.2 Å². The minimum absolute atomic E-state index is 0.00584. The predicted octanol–water partition coefficient (Wildman–Crippen LogP) is -1.07. The van der Waals surface area contributed by atoms with Crippen molar-refractivity contribution in [3.63, 3.8) is 0 Å². The first-order valence-electron chi connectivity index (χ1n) is 6.69. The maximum Gasteiger partial charge on any atom is 0.325 e. The summed E-state index contributed by atoms with van der Waals surface area (Å²) in [5.74, 6) is -0.310. The van der Waals surface area contributed by atoms with Crippen molar-refractivity contribution in [1.29, 1.82) is 0 Å². The quantitative estimate of drug-likeness (QED) is 0.392. The molecule has 0 aromatic heterocycles. The number of hydrogen-bond acceptors (Lipinski definition) is 3. The number of amides is 3. The molecule has 0 unspecified atom stereocenters. The number of quaternary nitrogens is 1. The summed E-state index contributed by atoms with van der Waals surface area (Å²) in [6.07, 6.45) is 2.76. The number of aliphatic hydroxyl groups is 1. The van der Waals surface area contributed by atoms with Crippen molar-refractivity contribution >= 4 is 11.9 Å². The van der Waals surface area contributed by atoms with Crippen LogP contribution in [0.15, 0.2) is 25.3 Å². The largest absolute Gasteiger partial charge is 0.385 e. The van der Waals surface area contributed by atoms with Crippen LogP contribution in [0.2, 0.25) is 0 Å². The molecule has 6 nitrogen and oxygen atoms in total. The number of rotatable bonds is 8. The number of hydrogen-bond donors (Lipinski definition) is 3. The van der Waals surface area contributed by atoms with Gasteiger partial charge in [-0.2, -0.15) is 0 Å². The summed E-state index contributed by atoms with van der Waals surface area (Å²) in [5, 5.41) is 12.7. The molecule has 1 aliphatic rings. The Morgan fingerprint density at radius 3 is 2.30 bits per heavy atom. The molecule has 6 heteroatoms. The number of nitrogens with zero attached hydrogens (tertiary/aromatic N) is 1. The van der Waals surface area contributed by atoms with E-state index in [-0.39, 0.29) is 12.5 Å². The first kappa shape index (κ1) is 16.4. The minimum atomic E-state index is -0.897. The summed E-state index contributed by atoms with van der Waals surface area (Å²) in [4.78, 5) is 25.9. The highest BCUT2D eigenvalue weighted by molar-refractivity contribution is 6.06. The van der Waals surface area contributed by atoms with Crippen LogP contribution < -0.4 is 10.2 Å². The van der Waals surface area contributed by atoms with Crippen LogP contribution in [0.4, 0.5) is 4.79 Å². The van der Waals surface area contributed by atoms with Gasteiger partial charge in [0.15, 0.2) is 0 Å². The first-order chi connectivity index (χ1) is 9.31. The normalized spacial score (nSPS) is 19.1. The van der Waals surface area contributed by atoms with Crippen LogP contribution in [0.5, 0.6) is 0 Å². The molecule has 3 amide bonds. The second-order valence-corrected chi connectivity index (χ2v) is 5.56. The molecule has 1 fully saturated rings. The Bertz CT molecular complexity index is 396. The van der Waals surface area contributed by atoms with E-state index in [0.717, 1.165) is 9.80 Å². The number of carbonyl (C=O) groups excluding carboxylic acids is 2. The van der Waals surface area contributed by atoms with Gasteiger partial charge >= 0.3 is 6.03 Å². The fraction of sp³-hybridized carbons (Fsp3) is 0.571. The predicted molar refractivity (Wildman–Crippen MR) is 76.3 cm³/mol. The van der Waals surface area contributed by atoms with Crippen LogP contribution in [-0.2, 0) is 4.79 Å². The highest BCUT2D eigenvalue weighted by Crippen LogP contribution is 2.16. The maximum absolute atomic E-state index is 12.0. The van der Waals surface area contributed by atoms with Gasteiger partial charge in [0.05, 0.1) is 19.6 Å². The van der Waals surface area contributed by atoms with Crippen LogP contribution in [-0.4, -0.2) is 59.8 Å². The zero-order valence-electron chi connectivity index (χ0n) is 12.2. The third-order valence-corrected chi connectivity index (χ3v) is 3.23. The molecule has 3 N–H and O–H groups in total. The maximum atomic E-state index is 12.0. The summed E-state index contributed by atoms with van der Waals surface area (Å²) in [6, 6.07) is -0.451. The molecule has 1 heterocycles. The molecule has 20 heavy (non-hydrogen) atoms. The number of imide groups is 1. The van der Waals surface area contributed by atoms with Crippen LogP contribution in [0, 0.1) is 0 Å². The summed E-state index contributed by atoms with van der Waals surface area (Å²) >= 11 is 0. The van der Waals surface area contributed by atoms with Gasteiger partial charge in [0, 0.05) is 0 Å². The Kier molecular flexibility index (Phi) is 5.47. The smallest absolute Gasteiger partial charge is 0.325 e. The lowest BCUT2D eigenvalue weighted by Crippen LogP contribution is -3.12. The van der Waals surface area contributed by atoms with Gasteiger partial charge in [-0.3, -0.25) is 9.69 Å². The standard InChI is InChI=1S/C14H23N3O3/c1-5-7-16(8-6-2)9-11(18)10-17-12(19)14(3,4)15-13(17)20/h5-6,11,18H,1-2,7-10H2,3-4H3,(H,15,20)/p+1/t11-/m0/s1. The number of aliphatic hydroxyl groups excluding tert-OH is 1. The van der Waals surface area contributed by atoms with Crippen molar-refractivity contribution in [1.82, 2.24) is 10.2 Å². The molecule has 0 saturated carbocycles. The molecular formula is C14H24N3O3+. The number of urea groups is 1. The minimum Gasteiger partial charge on any atom is -0.385 e.